The lowest BCUT2D eigenvalue weighted by Gasteiger charge is -2.39. The van der Waals surface area contributed by atoms with Crippen LogP contribution in [0.4, 0.5) is 14.6 Å². The van der Waals surface area contributed by atoms with Crippen molar-refractivity contribution >= 4 is 17.6 Å². The largest absolute Gasteiger partial charge is 0.326 e. The Morgan fingerprint density at radius 3 is 2.42 bits per heavy atom. The highest BCUT2D eigenvalue weighted by molar-refractivity contribution is 6.05. The van der Waals surface area contributed by atoms with E-state index in [0.717, 1.165) is 48.4 Å². The van der Waals surface area contributed by atoms with E-state index in [9.17, 15) is 28.4 Å². The molecule has 3 aliphatic rings. The van der Waals surface area contributed by atoms with Gasteiger partial charge in [0, 0.05) is 35.5 Å². The fourth-order valence-electron chi connectivity index (χ4n) is 5.59. The molecule has 3 heterocycles. The number of anilines is 1. The van der Waals surface area contributed by atoms with E-state index in [1.807, 2.05) is 25.3 Å². The molecule has 45 heavy (non-hydrogen) atoms. The molecule has 2 N–H and O–H groups in total. The highest BCUT2D eigenvalue weighted by atomic mass is 19.3. The van der Waals surface area contributed by atoms with Crippen LogP contribution < -0.4 is 16.2 Å². The molecule has 0 bridgehead atoms. The van der Waals surface area contributed by atoms with E-state index >= 15 is 0 Å². The SMILES string of the molecule is CC(C)CNC(C)c1cc(C(=O)Nc2cc(-c3ccc(C#N)cc3C(=O)N3CC(F)(F)C3)cc(C3CC3)n2)c(=O)n(C2CC2)c1. The number of carbonyl (C=O) groups excluding carboxylic acids is 2. The molecular weight excluding hydrogens is 578 g/mol. The van der Waals surface area contributed by atoms with Crippen LogP contribution in [0.1, 0.15) is 102 Å². The van der Waals surface area contributed by atoms with Gasteiger partial charge in [0.05, 0.1) is 24.7 Å². The smallest absolute Gasteiger partial charge is 0.282 e. The third-order valence-corrected chi connectivity index (χ3v) is 8.49. The first-order valence-electron chi connectivity index (χ1n) is 15.5. The highest BCUT2D eigenvalue weighted by Crippen LogP contribution is 2.42. The summed E-state index contributed by atoms with van der Waals surface area (Å²) in [6.07, 6.45) is 5.44. The Morgan fingerprint density at radius 2 is 1.80 bits per heavy atom. The zero-order valence-electron chi connectivity index (χ0n) is 25.6. The number of alkyl halides is 2. The number of benzene rings is 1. The van der Waals surface area contributed by atoms with Crippen LogP contribution in [0, 0.1) is 17.2 Å². The molecule has 1 atom stereocenters. The van der Waals surface area contributed by atoms with E-state index in [1.165, 1.54) is 6.07 Å². The van der Waals surface area contributed by atoms with Crippen molar-refractivity contribution in [3.05, 3.63) is 80.9 Å². The number of nitrogens with zero attached hydrogens (tertiary/aromatic N) is 4. The van der Waals surface area contributed by atoms with Gasteiger partial charge in [-0.05, 0) is 92.1 Å². The Bertz CT molecular complexity index is 1760. The molecule has 1 aliphatic heterocycles. The quantitative estimate of drug-likeness (QED) is 0.305. The standard InChI is InChI=1S/C34H36F2N6O3/c1-19(2)15-38-20(3)24-11-28(33(45)42(16-24)25-7-8-25)31(43)40-30-13-23(12-29(39-30)22-5-6-22)26-9-4-21(14-37)10-27(26)32(44)41-17-34(35,36)18-41/h4,9-13,16,19-20,22,25,38H,5-8,15,17-18H2,1-3H3,(H,39,40,43). The number of aromatic nitrogens is 2. The number of likely N-dealkylation sites (tertiary alicyclic amines) is 1. The summed E-state index contributed by atoms with van der Waals surface area (Å²) in [4.78, 5) is 46.2. The van der Waals surface area contributed by atoms with Gasteiger partial charge in [0.1, 0.15) is 11.4 Å². The Labute approximate surface area is 260 Å². The van der Waals surface area contributed by atoms with Gasteiger partial charge in [-0.3, -0.25) is 14.4 Å². The minimum Gasteiger partial charge on any atom is -0.326 e. The minimum absolute atomic E-state index is 0.0192. The summed E-state index contributed by atoms with van der Waals surface area (Å²) >= 11 is 0. The number of rotatable bonds is 10. The third kappa shape index (κ3) is 6.66. The zero-order valence-corrected chi connectivity index (χ0v) is 25.6. The molecule has 0 radical (unpaired) electrons. The molecule has 234 valence electrons. The lowest BCUT2D eigenvalue weighted by molar-refractivity contribution is -0.113. The van der Waals surface area contributed by atoms with E-state index < -0.39 is 30.8 Å². The van der Waals surface area contributed by atoms with E-state index in [2.05, 4.69) is 29.5 Å². The molecule has 9 nitrogen and oxygen atoms in total. The number of nitrogens with one attached hydrogen (secondary N) is 2. The van der Waals surface area contributed by atoms with Crippen LogP contribution in [0.5, 0.6) is 0 Å². The molecule has 2 aromatic heterocycles. The molecule has 0 spiro atoms. The average Bonchev–Trinajstić information content (AvgIpc) is 3.91. The molecule has 1 saturated heterocycles. The molecule has 1 aromatic carbocycles. The van der Waals surface area contributed by atoms with Crippen LogP contribution in [-0.4, -0.2) is 51.8 Å². The molecule has 11 heteroatoms. The first-order valence-corrected chi connectivity index (χ1v) is 15.5. The summed E-state index contributed by atoms with van der Waals surface area (Å²) in [5.41, 5.74) is 2.56. The minimum atomic E-state index is -2.94. The second kappa shape index (κ2) is 11.8. The monoisotopic (exact) mass is 614 g/mol. The van der Waals surface area contributed by atoms with Gasteiger partial charge in [0.25, 0.3) is 23.3 Å². The number of hydrogen-bond donors (Lipinski definition) is 2. The Morgan fingerprint density at radius 1 is 1.07 bits per heavy atom. The molecule has 1 unspecified atom stereocenters. The maximum atomic E-state index is 13.7. The van der Waals surface area contributed by atoms with Crippen LogP contribution in [0.15, 0.2) is 47.4 Å². The van der Waals surface area contributed by atoms with Crippen molar-refractivity contribution in [3.63, 3.8) is 0 Å². The molecule has 6 rings (SSSR count). The van der Waals surface area contributed by atoms with Crippen LogP contribution in [-0.2, 0) is 0 Å². The average molecular weight is 615 g/mol. The molecule has 3 fully saturated rings. The second-order valence-electron chi connectivity index (χ2n) is 12.9. The van der Waals surface area contributed by atoms with Gasteiger partial charge in [-0.15, -0.1) is 0 Å². The van der Waals surface area contributed by atoms with E-state index in [0.29, 0.717) is 17.0 Å². The number of nitriles is 1. The second-order valence-corrected chi connectivity index (χ2v) is 12.9. The summed E-state index contributed by atoms with van der Waals surface area (Å²) < 4.78 is 28.9. The maximum Gasteiger partial charge on any atom is 0.282 e. The predicted molar refractivity (Wildman–Crippen MR) is 165 cm³/mol. The molecular formula is C34H36F2N6O3. The Hall–Kier alpha value is -4.43. The predicted octanol–water partition coefficient (Wildman–Crippen LogP) is 5.64. The first-order chi connectivity index (χ1) is 21.4. The van der Waals surface area contributed by atoms with Gasteiger partial charge in [0.2, 0.25) is 0 Å². The van der Waals surface area contributed by atoms with Gasteiger partial charge in [-0.1, -0.05) is 19.9 Å². The molecule has 2 aliphatic carbocycles. The number of amides is 2. The first kappa shape index (κ1) is 30.6. The summed E-state index contributed by atoms with van der Waals surface area (Å²) in [7, 11) is 0. The lowest BCUT2D eigenvalue weighted by Crippen LogP contribution is -2.58. The van der Waals surface area contributed by atoms with Crippen LogP contribution >= 0.6 is 0 Å². The van der Waals surface area contributed by atoms with Gasteiger partial charge in [0.15, 0.2) is 0 Å². The van der Waals surface area contributed by atoms with Crippen molar-refractivity contribution in [1.82, 2.24) is 19.8 Å². The van der Waals surface area contributed by atoms with Crippen molar-refractivity contribution < 1.29 is 18.4 Å². The van der Waals surface area contributed by atoms with Gasteiger partial charge >= 0.3 is 0 Å². The fourth-order valence-corrected chi connectivity index (χ4v) is 5.59. The summed E-state index contributed by atoms with van der Waals surface area (Å²) in [6, 6.07) is 11.7. The molecule has 2 saturated carbocycles. The topological polar surface area (TPSA) is 120 Å². The number of halogens is 2. The van der Waals surface area contributed by atoms with E-state index in [4.69, 9.17) is 0 Å². The van der Waals surface area contributed by atoms with Crippen LogP contribution in [0.2, 0.25) is 0 Å². The van der Waals surface area contributed by atoms with Crippen molar-refractivity contribution in [2.75, 3.05) is 25.0 Å². The van der Waals surface area contributed by atoms with Crippen molar-refractivity contribution in [2.24, 2.45) is 5.92 Å². The fraction of sp³-hybridized carbons (Fsp3) is 0.441. The summed E-state index contributed by atoms with van der Waals surface area (Å²) in [6.45, 7) is 5.64. The molecule has 3 aromatic rings. The summed E-state index contributed by atoms with van der Waals surface area (Å²) in [5.74, 6) is -3.30. The Balaban J connectivity index is 1.35. The number of hydrogen-bond acceptors (Lipinski definition) is 6. The van der Waals surface area contributed by atoms with E-state index in [1.54, 1.807) is 28.8 Å². The van der Waals surface area contributed by atoms with Crippen LogP contribution in [0.25, 0.3) is 11.1 Å². The van der Waals surface area contributed by atoms with E-state index in [-0.39, 0.29) is 46.1 Å². The maximum absolute atomic E-state index is 13.7. The normalized spacial score (nSPS) is 17.8. The third-order valence-electron chi connectivity index (χ3n) is 8.49. The lowest BCUT2D eigenvalue weighted by atomic mass is 9.95. The van der Waals surface area contributed by atoms with Crippen molar-refractivity contribution in [1.29, 1.82) is 5.26 Å². The van der Waals surface area contributed by atoms with Gasteiger partial charge in [-0.25, -0.2) is 13.8 Å². The highest BCUT2D eigenvalue weighted by Gasteiger charge is 2.46. The van der Waals surface area contributed by atoms with Crippen LogP contribution in [0.3, 0.4) is 0 Å². The zero-order chi connectivity index (χ0) is 32.0. The Kier molecular flexibility index (Phi) is 8.04. The number of carbonyl (C=O) groups is 2. The van der Waals surface area contributed by atoms with Gasteiger partial charge < -0.3 is 20.1 Å². The van der Waals surface area contributed by atoms with Gasteiger partial charge in [-0.2, -0.15) is 5.26 Å². The summed E-state index contributed by atoms with van der Waals surface area (Å²) in [5, 5.41) is 15.8. The number of pyridine rings is 2. The molecule has 2 amide bonds. The van der Waals surface area contributed by atoms with Crippen molar-refractivity contribution in [2.45, 2.75) is 70.4 Å². The van der Waals surface area contributed by atoms with Crippen molar-refractivity contribution in [3.8, 4) is 17.2 Å².